The molecule has 0 saturated heterocycles. The number of carbonyl (C=O) groups is 1. The Labute approximate surface area is 154 Å². The molecule has 0 aliphatic heterocycles. The van der Waals surface area contributed by atoms with E-state index in [1.165, 1.54) is 29.8 Å². The van der Waals surface area contributed by atoms with Gasteiger partial charge in [-0.05, 0) is 43.9 Å². The second-order valence-electron chi connectivity index (χ2n) is 5.49. The lowest BCUT2D eigenvalue weighted by atomic mass is 9.98. The molecule has 2 amide bonds. The first-order valence-corrected chi connectivity index (χ1v) is 9.21. The number of nitrogens with one attached hydrogen (secondary N) is 2. The van der Waals surface area contributed by atoms with Gasteiger partial charge in [0.25, 0.3) is 0 Å². The van der Waals surface area contributed by atoms with Crippen molar-refractivity contribution in [1.29, 1.82) is 0 Å². The summed E-state index contributed by atoms with van der Waals surface area (Å²) in [5, 5.41) is 15.7. The third-order valence-electron chi connectivity index (χ3n) is 3.63. The van der Waals surface area contributed by atoms with Gasteiger partial charge in [-0.1, -0.05) is 46.2 Å². The zero-order valence-electron chi connectivity index (χ0n) is 12.8. The molecule has 1 heterocycles. The lowest BCUT2D eigenvalue weighted by molar-refractivity contribution is 0.262. The van der Waals surface area contributed by atoms with E-state index in [0.717, 1.165) is 24.3 Å². The van der Waals surface area contributed by atoms with Gasteiger partial charge < -0.3 is 5.32 Å². The van der Waals surface area contributed by atoms with Gasteiger partial charge in [0, 0.05) is 12.1 Å². The average molecular weight is 383 g/mol. The Morgan fingerprint density at radius 2 is 2.04 bits per heavy atom. The molecular formula is C16H16Cl2N4OS. The van der Waals surface area contributed by atoms with Crippen molar-refractivity contribution < 1.29 is 4.79 Å². The monoisotopic (exact) mass is 382 g/mol. The number of carbonyl (C=O) groups excluding carboxylic acids is 1. The summed E-state index contributed by atoms with van der Waals surface area (Å²) in [5.41, 5.74) is 1.96. The number of benzene rings is 1. The molecular weight excluding hydrogens is 367 g/mol. The molecule has 0 fully saturated rings. The molecule has 1 aliphatic rings. The third kappa shape index (κ3) is 4.69. The lowest BCUT2D eigenvalue weighted by Crippen LogP contribution is -2.19. The number of amides is 2. The SMILES string of the molecule is O=C(Nc1ccc(Cl)c(Cl)c1)Nc1nnc(CC2=CCCCC2)s1. The summed E-state index contributed by atoms with van der Waals surface area (Å²) < 4.78 is 0. The fraction of sp³-hybridized carbons (Fsp3) is 0.312. The second-order valence-corrected chi connectivity index (χ2v) is 7.37. The van der Waals surface area contributed by atoms with E-state index >= 15 is 0 Å². The van der Waals surface area contributed by atoms with Crippen molar-refractivity contribution in [1.82, 2.24) is 10.2 Å². The standard InChI is InChI=1S/C16H16Cl2N4OS/c17-12-7-6-11(9-13(12)18)19-15(23)20-16-22-21-14(24-16)8-10-4-2-1-3-5-10/h4,6-7,9H,1-3,5,8H2,(H2,19,20,22,23). The Morgan fingerprint density at radius 3 is 2.79 bits per heavy atom. The van der Waals surface area contributed by atoms with E-state index in [4.69, 9.17) is 23.2 Å². The van der Waals surface area contributed by atoms with Gasteiger partial charge in [0.1, 0.15) is 5.01 Å². The van der Waals surface area contributed by atoms with Crippen LogP contribution in [0.3, 0.4) is 0 Å². The second kappa shape index (κ2) is 7.96. The number of hydrogen-bond acceptors (Lipinski definition) is 4. The van der Waals surface area contributed by atoms with Crippen LogP contribution in [-0.4, -0.2) is 16.2 Å². The molecule has 24 heavy (non-hydrogen) atoms. The van der Waals surface area contributed by atoms with E-state index in [9.17, 15) is 4.79 Å². The van der Waals surface area contributed by atoms with Crippen molar-refractivity contribution in [2.24, 2.45) is 0 Å². The molecule has 2 N–H and O–H groups in total. The lowest BCUT2D eigenvalue weighted by Gasteiger charge is -2.10. The highest BCUT2D eigenvalue weighted by Gasteiger charge is 2.11. The molecule has 0 saturated carbocycles. The van der Waals surface area contributed by atoms with E-state index in [1.807, 2.05) is 0 Å². The molecule has 126 valence electrons. The number of aromatic nitrogens is 2. The molecule has 0 unspecified atom stereocenters. The Hall–Kier alpha value is -1.63. The number of anilines is 2. The number of nitrogens with zero attached hydrogens (tertiary/aromatic N) is 2. The molecule has 0 atom stereocenters. The number of urea groups is 1. The number of hydrogen-bond donors (Lipinski definition) is 2. The van der Waals surface area contributed by atoms with Gasteiger partial charge in [-0.25, -0.2) is 4.79 Å². The average Bonchev–Trinajstić information content (AvgIpc) is 2.99. The van der Waals surface area contributed by atoms with Crippen LogP contribution in [0.4, 0.5) is 15.6 Å². The highest BCUT2D eigenvalue weighted by molar-refractivity contribution is 7.15. The van der Waals surface area contributed by atoms with E-state index < -0.39 is 6.03 Å². The summed E-state index contributed by atoms with van der Waals surface area (Å²) in [6, 6.07) is 4.49. The van der Waals surface area contributed by atoms with Crippen LogP contribution in [0, 0.1) is 0 Å². The highest BCUT2D eigenvalue weighted by Crippen LogP contribution is 2.26. The summed E-state index contributed by atoms with van der Waals surface area (Å²) in [7, 11) is 0. The smallest absolute Gasteiger partial charge is 0.308 e. The molecule has 1 aromatic heterocycles. The van der Waals surface area contributed by atoms with E-state index in [-0.39, 0.29) is 0 Å². The number of rotatable bonds is 4. The Balaban J connectivity index is 1.56. The summed E-state index contributed by atoms with van der Waals surface area (Å²) in [6.07, 6.45) is 7.87. The Bertz CT molecular complexity index is 775. The van der Waals surface area contributed by atoms with Gasteiger partial charge in [-0.15, -0.1) is 10.2 Å². The maximum Gasteiger partial charge on any atom is 0.325 e. The minimum atomic E-state index is -0.395. The van der Waals surface area contributed by atoms with Crippen LogP contribution in [0.25, 0.3) is 0 Å². The van der Waals surface area contributed by atoms with Crippen molar-refractivity contribution in [3.63, 3.8) is 0 Å². The zero-order chi connectivity index (χ0) is 16.9. The van der Waals surface area contributed by atoms with Crippen molar-refractivity contribution in [3.05, 3.63) is 44.9 Å². The zero-order valence-corrected chi connectivity index (χ0v) is 15.1. The van der Waals surface area contributed by atoms with Crippen molar-refractivity contribution >= 4 is 51.4 Å². The van der Waals surface area contributed by atoms with Crippen LogP contribution < -0.4 is 10.6 Å². The van der Waals surface area contributed by atoms with E-state index in [0.29, 0.717) is 20.9 Å². The normalized spacial score (nSPS) is 14.2. The van der Waals surface area contributed by atoms with Gasteiger partial charge in [-0.2, -0.15) is 0 Å². The molecule has 1 aromatic carbocycles. The number of halogens is 2. The van der Waals surface area contributed by atoms with Crippen molar-refractivity contribution in [2.75, 3.05) is 10.6 Å². The first kappa shape index (κ1) is 17.2. The van der Waals surface area contributed by atoms with Gasteiger partial charge in [0.15, 0.2) is 0 Å². The topological polar surface area (TPSA) is 66.9 Å². The van der Waals surface area contributed by atoms with Crippen molar-refractivity contribution in [2.45, 2.75) is 32.1 Å². The van der Waals surface area contributed by atoms with Gasteiger partial charge >= 0.3 is 6.03 Å². The quantitative estimate of drug-likeness (QED) is 0.682. The largest absolute Gasteiger partial charge is 0.325 e. The summed E-state index contributed by atoms with van der Waals surface area (Å²) in [6.45, 7) is 0. The Kier molecular flexibility index (Phi) is 5.71. The molecule has 0 bridgehead atoms. The molecule has 8 heteroatoms. The molecule has 5 nitrogen and oxygen atoms in total. The van der Waals surface area contributed by atoms with E-state index in [2.05, 4.69) is 26.9 Å². The molecule has 1 aliphatic carbocycles. The first-order chi connectivity index (χ1) is 11.6. The molecule has 2 aromatic rings. The van der Waals surface area contributed by atoms with Gasteiger partial charge in [0.05, 0.1) is 10.0 Å². The molecule has 3 rings (SSSR count). The minimum Gasteiger partial charge on any atom is -0.308 e. The summed E-state index contributed by atoms with van der Waals surface area (Å²) >= 11 is 13.2. The van der Waals surface area contributed by atoms with Crippen LogP contribution in [-0.2, 0) is 6.42 Å². The van der Waals surface area contributed by atoms with Crippen LogP contribution in [0.2, 0.25) is 10.0 Å². The fourth-order valence-corrected chi connectivity index (χ4v) is 3.55. The Morgan fingerprint density at radius 1 is 1.17 bits per heavy atom. The maximum absolute atomic E-state index is 12.0. The van der Waals surface area contributed by atoms with Crippen LogP contribution in [0.1, 0.15) is 30.7 Å². The molecule has 0 spiro atoms. The highest BCUT2D eigenvalue weighted by atomic mass is 35.5. The maximum atomic E-state index is 12.0. The van der Waals surface area contributed by atoms with Crippen LogP contribution >= 0.6 is 34.5 Å². The summed E-state index contributed by atoms with van der Waals surface area (Å²) in [4.78, 5) is 12.0. The predicted octanol–water partition coefficient (Wildman–Crippen LogP) is 5.53. The minimum absolute atomic E-state index is 0.383. The van der Waals surface area contributed by atoms with E-state index in [1.54, 1.807) is 18.2 Å². The van der Waals surface area contributed by atoms with Crippen molar-refractivity contribution in [3.8, 4) is 0 Å². The van der Waals surface area contributed by atoms with Crippen LogP contribution in [0.15, 0.2) is 29.8 Å². The third-order valence-corrected chi connectivity index (χ3v) is 5.21. The predicted molar refractivity (Wildman–Crippen MR) is 99.3 cm³/mol. The summed E-state index contributed by atoms with van der Waals surface area (Å²) in [5.74, 6) is 0. The van der Waals surface area contributed by atoms with Gasteiger partial charge in [-0.3, -0.25) is 5.32 Å². The van der Waals surface area contributed by atoms with Gasteiger partial charge in [0.2, 0.25) is 5.13 Å². The number of allylic oxidation sites excluding steroid dienone is 2. The first-order valence-electron chi connectivity index (χ1n) is 7.63. The fourth-order valence-electron chi connectivity index (χ4n) is 2.47. The molecule has 0 radical (unpaired) electrons. The van der Waals surface area contributed by atoms with Crippen LogP contribution in [0.5, 0.6) is 0 Å².